The number of aromatic nitrogens is 1. The molecule has 0 spiro atoms. The maximum absolute atomic E-state index is 12.7. The standard InChI is InChI=1S/C22H31N3O2/c1-13(2)11-25-12-17(6-7-20(25)26)22(27)23-10-18-8-14(3)9-19-15(4)16(5)24-21(18)19/h8-9,13,17,24H,6-7,10-12H2,1-5H3,(H,23,27). The van der Waals surface area contributed by atoms with Gasteiger partial charge in [-0.1, -0.05) is 25.5 Å². The molecule has 1 fully saturated rings. The molecule has 5 heteroatoms. The van der Waals surface area contributed by atoms with Gasteiger partial charge in [-0.2, -0.15) is 0 Å². The quantitative estimate of drug-likeness (QED) is 0.846. The lowest BCUT2D eigenvalue weighted by Crippen LogP contribution is -2.46. The molecule has 2 amide bonds. The minimum absolute atomic E-state index is 0.0471. The Kier molecular flexibility index (Phi) is 5.59. The summed E-state index contributed by atoms with van der Waals surface area (Å²) in [6.45, 7) is 12.2. The van der Waals surface area contributed by atoms with E-state index in [1.54, 1.807) is 0 Å². The van der Waals surface area contributed by atoms with Gasteiger partial charge < -0.3 is 15.2 Å². The lowest BCUT2D eigenvalue weighted by Gasteiger charge is -2.33. The van der Waals surface area contributed by atoms with Gasteiger partial charge >= 0.3 is 0 Å². The van der Waals surface area contributed by atoms with Crippen LogP contribution >= 0.6 is 0 Å². The zero-order valence-corrected chi connectivity index (χ0v) is 17.1. The first-order valence-corrected chi connectivity index (χ1v) is 9.90. The van der Waals surface area contributed by atoms with Crippen LogP contribution in [0.5, 0.6) is 0 Å². The van der Waals surface area contributed by atoms with E-state index in [1.165, 1.54) is 22.2 Å². The second-order valence-corrected chi connectivity index (χ2v) is 8.37. The van der Waals surface area contributed by atoms with Gasteiger partial charge in [0.2, 0.25) is 11.8 Å². The maximum atomic E-state index is 12.7. The average molecular weight is 370 g/mol. The molecule has 1 aliphatic rings. The van der Waals surface area contributed by atoms with Crippen molar-refractivity contribution in [3.8, 4) is 0 Å². The molecule has 1 aromatic heterocycles. The third kappa shape index (κ3) is 4.18. The smallest absolute Gasteiger partial charge is 0.225 e. The van der Waals surface area contributed by atoms with Gasteiger partial charge in [0.05, 0.1) is 11.4 Å². The van der Waals surface area contributed by atoms with E-state index in [0.29, 0.717) is 31.8 Å². The molecule has 0 radical (unpaired) electrons. The van der Waals surface area contributed by atoms with E-state index in [0.717, 1.165) is 17.6 Å². The van der Waals surface area contributed by atoms with E-state index in [9.17, 15) is 9.59 Å². The van der Waals surface area contributed by atoms with Crippen molar-refractivity contribution in [2.45, 2.75) is 54.0 Å². The SMILES string of the molecule is Cc1cc(CNC(=O)C2CCC(=O)N(CC(C)C)C2)c2[nH]c(C)c(C)c2c1. The Balaban J connectivity index is 1.70. The number of carbonyl (C=O) groups is 2. The first kappa shape index (κ1) is 19.5. The van der Waals surface area contributed by atoms with E-state index in [4.69, 9.17) is 0 Å². The van der Waals surface area contributed by atoms with Gasteiger partial charge in [0.1, 0.15) is 0 Å². The first-order valence-electron chi connectivity index (χ1n) is 9.90. The molecule has 1 unspecified atom stereocenters. The van der Waals surface area contributed by atoms with Crippen LogP contribution in [-0.2, 0) is 16.1 Å². The van der Waals surface area contributed by atoms with E-state index in [2.05, 4.69) is 57.1 Å². The summed E-state index contributed by atoms with van der Waals surface area (Å²) in [5, 5.41) is 4.33. The first-order chi connectivity index (χ1) is 12.8. The fourth-order valence-corrected chi connectivity index (χ4v) is 4.00. The second-order valence-electron chi connectivity index (χ2n) is 8.37. The number of rotatable bonds is 5. The summed E-state index contributed by atoms with van der Waals surface area (Å²) >= 11 is 0. The Morgan fingerprint density at radius 2 is 2.04 bits per heavy atom. The summed E-state index contributed by atoms with van der Waals surface area (Å²) in [6.07, 6.45) is 1.11. The number of aryl methyl sites for hydroxylation is 3. The molecular formula is C22H31N3O2. The highest BCUT2D eigenvalue weighted by Crippen LogP contribution is 2.26. The third-order valence-corrected chi connectivity index (χ3v) is 5.55. The van der Waals surface area contributed by atoms with Gasteiger partial charge in [0, 0.05) is 37.1 Å². The van der Waals surface area contributed by atoms with Crippen LogP contribution in [0.15, 0.2) is 12.1 Å². The molecule has 0 aliphatic carbocycles. The minimum Gasteiger partial charge on any atom is -0.358 e. The number of aromatic amines is 1. The molecule has 1 atom stereocenters. The van der Waals surface area contributed by atoms with Crippen molar-refractivity contribution in [2.75, 3.05) is 13.1 Å². The number of hydrogen-bond acceptors (Lipinski definition) is 2. The number of hydrogen-bond donors (Lipinski definition) is 2. The van der Waals surface area contributed by atoms with Gasteiger partial charge in [-0.25, -0.2) is 0 Å². The Hall–Kier alpha value is -2.30. The zero-order valence-electron chi connectivity index (χ0n) is 17.1. The van der Waals surface area contributed by atoms with Crippen LogP contribution in [0.25, 0.3) is 10.9 Å². The van der Waals surface area contributed by atoms with E-state index in [-0.39, 0.29) is 17.7 Å². The van der Waals surface area contributed by atoms with Crippen LogP contribution in [0.1, 0.15) is 49.1 Å². The molecule has 1 aromatic carbocycles. The number of fused-ring (bicyclic) bond motifs is 1. The predicted molar refractivity (Wildman–Crippen MR) is 108 cm³/mol. The molecule has 5 nitrogen and oxygen atoms in total. The average Bonchev–Trinajstić information content (AvgIpc) is 2.89. The molecule has 27 heavy (non-hydrogen) atoms. The molecule has 1 saturated heterocycles. The molecular weight excluding hydrogens is 338 g/mol. The van der Waals surface area contributed by atoms with Gasteiger partial charge in [-0.05, 0) is 50.3 Å². The fraction of sp³-hybridized carbons (Fsp3) is 0.545. The van der Waals surface area contributed by atoms with Gasteiger partial charge in [-0.15, -0.1) is 0 Å². The number of H-pyrrole nitrogens is 1. The fourth-order valence-electron chi connectivity index (χ4n) is 4.00. The van der Waals surface area contributed by atoms with Crippen molar-refractivity contribution in [3.05, 3.63) is 34.5 Å². The Labute approximate surface area is 161 Å². The van der Waals surface area contributed by atoms with Crippen LogP contribution in [0, 0.1) is 32.6 Å². The molecule has 2 N–H and O–H groups in total. The van der Waals surface area contributed by atoms with Gasteiger partial charge in [0.25, 0.3) is 0 Å². The summed E-state index contributed by atoms with van der Waals surface area (Å²) in [7, 11) is 0. The predicted octanol–water partition coefficient (Wildman–Crippen LogP) is 3.60. The number of carbonyl (C=O) groups excluding carboxylic acids is 2. The summed E-state index contributed by atoms with van der Waals surface area (Å²) in [5.41, 5.74) is 5.84. The molecule has 3 rings (SSSR count). The largest absolute Gasteiger partial charge is 0.358 e. The Bertz CT molecular complexity index is 866. The molecule has 0 saturated carbocycles. The van der Waals surface area contributed by atoms with E-state index in [1.807, 2.05) is 4.90 Å². The minimum atomic E-state index is -0.117. The highest BCUT2D eigenvalue weighted by atomic mass is 16.2. The summed E-state index contributed by atoms with van der Waals surface area (Å²) < 4.78 is 0. The number of nitrogens with one attached hydrogen (secondary N) is 2. The highest BCUT2D eigenvalue weighted by molar-refractivity contribution is 5.88. The van der Waals surface area contributed by atoms with E-state index < -0.39 is 0 Å². The van der Waals surface area contributed by atoms with Gasteiger partial charge in [-0.3, -0.25) is 9.59 Å². The number of benzene rings is 1. The van der Waals surface area contributed by atoms with Crippen molar-refractivity contribution >= 4 is 22.7 Å². The zero-order chi connectivity index (χ0) is 19.7. The number of amides is 2. The lowest BCUT2D eigenvalue weighted by molar-refractivity contribution is -0.138. The summed E-state index contributed by atoms with van der Waals surface area (Å²) in [6, 6.07) is 4.32. The number of likely N-dealkylation sites (tertiary alicyclic amines) is 1. The van der Waals surface area contributed by atoms with Crippen molar-refractivity contribution in [1.29, 1.82) is 0 Å². The summed E-state index contributed by atoms with van der Waals surface area (Å²) in [5.74, 6) is 0.515. The van der Waals surface area contributed by atoms with Crippen LogP contribution in [-0.4, -0.2) is 34.8 Å². The van der Waals surface area contributed by atoms with Crippen molar-refractivity contribution in [2.24, 2.45) is 11.8 Å². The topological polar surface area (TPSA) is 65.2 Å². The van der Waals surface area contributed by atoms with Gasteiger partial charge in [0.15, 0.2) is 0 Å². The van der Waals surface area contributed by atoms with E-state index >= 15 is 0 Å². The molecule has 1 aliphatic heterocycles. The van der Waals surface area contributed by atoms with Crippen molar-refractivity contribution in [3.63, 3.8) is 0 Å². The van der Waals surface area contributed by atoms with Crippen molar-refractivity contribution < 1.29 is 9.59 Å². The third-order valence-electron chi connectivity index (χ3n) is 5.55. The number of piperidine rings is 1. The molecule has 2 aromatic rings. The normalized spacial score (nSPS) is 17.8. The Morgan fingerprint density at radius 3 is 2.74 bits per heavy atom. The monoisotopic (exact) mass is 369 g/mol. The molecule has 0 bridgehead atoms. The summed E-state index contributed by atoms with van der Waals surface area (Å²) in [4.78, 5) is 30.1. The van der Waals surface area contributed by atoms with Crippen LogP contribution in [0.3, 0.4) is 0 Å². The van der Waals surface area contributed by atoms with Crippen LogP contribution < -0.4 is 5.32 Å². The highest BCUT2D eigenvalue weighted by Gasteiger charge is 2.30. The van der Waals surface area contributed by atoms with Crippen molar-refractivity contribution in [1.82, 2.24) is 15.2 Å². The Morgan fingerprint density at radius 1 is 1.30 bits per heavy atom. The maximum Gasteiger partial charge on any atom is 0.225 e. The number of nitrogens with zero attached hydrogens (tertiary/aromatic N) is 1. The second kappa shape index (κ2) is 7.75. The molecule has 2 heterocycles. The lowest BCUT2D eigenvalue weighted by atomic mass is 9.95. The molecule has 146 valence electrons. The van der Waals surface area contributed by atoms with Crippen LogP contribution in [0.2, 0.25) is 0 Å². The van der Waals surface area contributed by atoms with Crippen LogP contribution in [0.4, 0.5) is 0 Å².